The van der Waals surface area contributed by atoms with Crippen molar-refractivity contribution in [1.29, 1.82) is 0 Å². The smallest absolute Gasteiger partial charge is 0.273 e. The molecule has 2 aromatic carbocycles. The van der Waals surface area contributed by atoms with Crippen molar-refractivity contribution in [3.05, 3.63) is 76.1 Å². The van der Waals surface area contributed by atoms with Gasteiger partial charge in [0.2, 0.25) is 0 Å². The molecule has 50 heavy (non-hydrogen) atoms. The quantitative estimate of drug-likeness (QED) is 0.165. The van der Waals surface area contributed by atoms with Crippen LogP contribution < -0.4 is 25.6 Å². The third kappa shape index (κ3) is 8.30. The summed E-state index contributed by atoms with van der Waals surface area (Å²) < 4.78 is 22.7. The summed E-state index contributed by atoms with van der Waals surface area (Å²) in [5.41, 5.74) is 2.98. The Hall–Kier alpha value is -5.67. The largest absolute Gasteiger partial charge is 0.858 e. The molecule has 2 N–H and O–H groups in total. The fraction of sp³-hybridized carbons (Fsp3) is 0.412. The second-order valence-corrected chi connectivity index (χ2v) is 11.7. The van der Waals surface area contributed by atoms with Crippen LogP contribution in [0.3, 0.4) is 0 Å². The molecule has 6 rings (SSSR count). The minimum atomic E-state index is -0.686. The van der Waals surface area contributed by atoms with Gasteiger partial charge in [-0.15, -0.1) is 10.2 Å². The summed E-state index contributed by atoms with van der Waals surface area (Å²) in [6, 6.07) is 9.59. The van der Waals surface area contributed by atoms with Gasteiger partial charge in [0.15, 0.2) is 5.69 Å². The molecule has 264 valence electrons. The molecule has 2 aliphatic carbocycles. The standard InChI is InChI=1S/C18H23N5O3.C16H18FN5O2/c1-4-19-17(24)14-9-8-13(10-15(14)26-5-2)23-11(3)16(21-22-23)18(25)20-12-6-7-12;1-3-18-15(23)12-7-6-11(8-13(12)17)22-9(2)14(20-21-22)16(24)19-10-4-5-10/h8-10,12H,4-7H2,1-3H3,(H,19,24)(H,20,25);6-8,10H,3-5H2,1-2H3,(H,18,23)(H,19,24)/p-2. The van der Waals surface area contributed by atoms with Crippen LogP contribution in [-0.2, 0) is 0 Å². The van der Waals surface area contributed by atoms with E-state index in [1.165, 1.54) is 16.8 Å². The van der Waals surface area contributed by atoms with Crippen molar-refractivity contribution >= 4 is 23.6 Å². The molecule has 0 aliphatic heterocycles. The zero-order valence-electron chi connectivity index (χ0n) is 28.6. The number of nitrogens with zero attached hydrogens (tertiary/aromatic N) is 8. The van der Waals surface area contributed by atoms with Crippen LogP contribution in [0.4, 0.5) is 4.39 Å². The third-order valence-corrected chi connectivity index (χ3v) is 7.79. The minimum absolute atomic E-state index is 0.0925. The Kier molecular flexibility index (Phi) is 11.2. The lowest BCUT2D eigenvalue weighted by molar-refractivity contribution is -0.214. The fourth-order valence-electron chi connectivity index (χ4n) is 4.87. The highest BCUT2D eigenvalue weighted by Gasteiger charge is 2.27. The molecule has 0 saturated heterocycles. The Balaban J connectivity index is 0.000000195. The number of halogens is 1. The highest BCUT2D eigenvalue weighted by molar-refractivity contribution is 5.97. The van der Waals surface area contributed by atoms with Crippen molar-refractivity contribution in [1.82, 2.24) is 40.6 Å². The van der Waals surface area contributed by atoms with Gasteiger partial charge in [-0.1, -0.05) is 10.4 Å². The molecule has 0 bridgehead atoms. The normalized spacial score (nSPS) is 14.5. The highest BCUT2D eigenvalue weighted by Crippen LogP contribution is 2.26. The molecule has 2 fully saturated rings. The summed E-state index contributed by atoms with van der Waals surface area (Å²) in [7, 11) is 0. The van der Waals surface area contributed by atoms with E-state index in [4.69, 9.17) is 4.74 Å². The van der Waals surface area contributed by atoms with Gasteiger partial charge in [0.25, 0.3) is 11.8 Å². The number of benzene rings is 2. The summed E-state index contributed by atoms with van der Waals surface area (Å²) in [6.45, 7) is 10.1. The van der Waals surface area contributed by atoms with Crippen LogP contribution in [0, 0.1) is 19.7 Å². The van der Waals surface area contributed by atoms with E-state index in [1.54, 1.807) is 49.7 Å². The zero-order valence-corrected chi connectivity index (χ0v) is 28.6. The molecule has 16 heteroatoms. The monoisotopic (exact) mass is 686 g/mol. The molecular weight excluding hydrogens is 647 g/mol. The summed E-state index contributed by atoms with van der Waals surface area (Å²) >= 11 is 0. The Bertz CT molecular complexity index is 1930. The van der Waals surface area contributed by atoms with Crippen molar-refractivity contribution in [2.75, 3.05) is 19.7 Å². The predicted octanol–water partition coefficient (Wildman–Crippen LogP) is 1.73. The average molecular weight is 687 g/mol. The Morgan fingerprint density at radius 3 is 2.08 bits per heavy atom. The van der Waals surface area contributed by atoms with Gasteiger partial charge >= 0.3 is 0 Å². The first kappa shape index (κ1) is 35.6. The first-order chi connectivity index (χ1) is 24.1. The number of amides is 2. The molecule has 2 heterocycles. The predicted molar refractivity (Wildman–Crippen MR) is 178 cm³/mol. The number of ether oxygens (including phenoxy) is 1. The van der Waals surface area contributed by atoms with Crippen LogP contribution in [0.25, 0.3) is 11.4 Å². The average Bonchev–Trinajstić information content (AvgIpc) is 4.01. The van der Waals surface area contributed by atoms with E-state index in [0.717, 1.165) is 25.7 Å². The van der Waals surface area contributed by atoms with Gasteiger partial charge in [0.1, 0.15) is 17.3 Å². The molecule has 2 amide bonds. The van der Waals surface area contributed by atoms with Crippen molar-refractivity contribution < 1.29 is 28.9 Å². The number of aromatic nitrogens is 6. The van der Waals surface area contributed by atoms with Crippen molar-refractivity contribution in [2.45, 2.75) is 72.4 Å². The summed E-state index contributed by atoms with van der Waals surface area (Å²) in [5.74, 6) is -1.64. The summed E-state index contributed by atoms with van der Waals surface area (Å²) in [5, 5.41) is 45.3. The fourth-order valence-corrected chi connectivity index (χ4v) is 4.87. The molecule has 2 saturated carbocycles. The van der Waals surface area contributed by atoms with Crippen LogP contribution in [0.15, 0.2) is 46.4 Å². The van der Waals surface area contributed by atoms with Crippen molar-refractivity contribution in [3.8, 4) is 17.1 Å². The van der Waals surface area contributed by atoms with Crippen molar-refractivity contribution in [2.24, 2.45) is 9.98 Å². The SMILES string of the molecule is CCN=C([O-])c1ccc(-n2nnc(C(=O)NC3CC3)c2C)cc1F.CCNC(=O)c1ccc(-n2nnc(C([O-])=NC3CC3)c2C)cc1OCC. The van der Waals surface area contributed by atoms with Gasteiger partial charge < -0.3 is 30.6 Å². The molecule has 4 aromatic rings. The zero-order chi connectivity index (χ0) is 35.9. The highest BCUT2D eigenvalue weighted by atomic mass is 19.1. The van der Waals surface area contributed by atoms with Gasteiger partial charge in [-0.3, -0.25) is 14.6 Å². The van der Waals surface area contributed by atoms with E-state index in [0.29, 0.717) is 53.8 Å². The number of carbonyl (C=O) groups is 2. The van der Waals surface area contributed by atoms with Crippen LogP contribution in [-0.4, -0.2) is 85.4 Å². The Morgan fingerprint density at radius 2 is 1.50 bits per heavy atom. The van der Waals surface area contributed by atoms with Crippen LogP contribution in [0.5, 0.6) is 5.75 Å². The second-order valence-electron chi connectivity index (χ2n) is 11.7. The molecule has 0 atom stereocenters. The third-order valence-electron chi connectivity index (χ3n) is 7.79. The molecule has 15 nitrogen and oxygen atoms in total. The van der Waals surface area contributed by atoms with Gasteiger partial charge in [0, 0.05) is 48.8 Å². The molecule has 0 spiro atoms. The Morgan fingerprint density at radius 1 is 0.880 bits per heavy atom. The van der Waals surface area contributed by atoms with E-state index in [2.05, 4.69) is 41.2 Å². The van der Waals surface area contributed by atoms with E-state index in [-0.39, 0.29) is 46.7 Å². The van der Waals surface area contributed by atoms with Gasteiger partial charge in [-0.25, -0.2) is 13.8 Å². The van der Waals surface area contributed by atoms with Crippen molar-refractivity contribution in [3.63, 3.8) is 0 Å². The van der Waals surface area contributed by atoms with E-state index < -0.39 is 11.7 Å². The van der Waals surface area contributed by atoms with Crippen LogP contribution in [0.1, 0.15) is 89.9 Å². The topological polar surface area (TPSA) is 200 Å². The number of aliphatic imine (C=N–C) groups is 2. The number of hydrogen-bond acceptors (Lipinski definition) is 11. The van der Waals surface area contributed by atoms with E-state index in [9.17, 15) is 24.2 Å². The van der Waals surface area contributed by atoms with Crippen LogP contribution >= 0.6 is 0 Å². The first-order valence-corrected chi connectivity index (χ1v) is 16.5. The van der Waals surface area contributed by atoms with Gasteiger partial charge in [-0.05, 0) is 90.5 Å². The second kappa shape index (κ2) is 15.7. The maximum atomic E-state index is 14.2. The lowest BCUT2D eigenvalue weighted by Crippen LogP contribution is -2.26. The van der Waals surface area contributed by atoms with Gasteiger partial charge in [0.05, 0.1) is 34.9 Å². The van der Waals surface area contributed by atoms with E-state index >= 15 is 0 Å². The molecule has 2 aromatic heterocycles. The van der Waals surface area contributed by atoms with Gasteiger partial charge in [-0.2, -0.15) is 0 Å². The Labute approximate surface area is 288 Å². The lowest BCUT2D eigenvalue weighted by Gasteiger charge is -2.13. The number of nitrogens with one attached hydrogen (secondary N) is 2. The number of hydrogen-bond donors (Lipinski definition) is 2. The van der Waals surface area contributed by atoms with E-state index in [1.807, 2.05) is 13.8 Å². The summed E-state index contributed by atoms with van der Waals surface area (Å²) in [6.07, 6.45) is 3.86. The maximum Gasteiger partial charge on any atom is 0.273 e. The molecule has 0 radical (unpaired) electrons. The molecule has 0 unspecified atom stereocenters. The minimum Gasteiger partial charge on any atom is -0.858 e. The lowest BCUT2D eigenvalue weighted by atomic mass is 10.1. The molecular formula is C34H39FN10O5-2. The molecule has 2 aliphatic rings. The number of carbonyl (C=O) groups excluding carboxylic acids is 2. The summed E-state index contributed by atoms with van der Waals surface area (Å²) in [4.78, 5) is 32.0. The number of rotatable bonds is 12. The van der Waals surface area contributed by atoms with Crippen LogP contribution in [0.2, 0.25) is 0 Å². The maximum absolute atomic E-state index is 14.2. The first-order valence-electron chi connectivity index (χ1n) is 16.5.